The number of rotatable bonds is 2. The van der Waals surface area contributed by atoms with Gasteiger partial charge in [0.25, 0.3) is 5.91 Å². The second-order valence-electron chi connectivity index (χ2n) is 5.73. The molecule has 3 heterocycles. The van der Waals surface area contributed by atoms with Crippen molar-refractivity contribution < 1.29 is 4.79 Å². The Kier molecular flexibility index (Phi) is 3.46. The maximum Gasteiger partial charge on any atom is 0.276 e. The lowest BCUT2D eigenvalue weighted by Crippen LogP contribution is -2.35. The van der Waals surface area contributed by atoms with Crippen molar-refractivity contribution in [2.45, 2.75) is 19.9 Å². The van der Waals surface area contributed by atoms with Crippen LogP contribution in [0.2, 0.25) is 0 Å². The van der Waals surface area contributed by atoms with Gasteiger partial charge >= 0.3 is 0 Å². The van der Waals surface area contributed by atoms with Crippen molar-refractivity contribution in [1.29, 1.82) is 0 Å². The van der Waals surface area contributed by atoms with Crippen LogP contribution >= 0.6 is 11.3 Å². The predicted molar refractivity (Wildman–Crippen MR) is 88.9 cm³/mol. The Morgan fingerprint density at radius 1 is 1.22 bits per heavy atom. The Labute approximate surface area is 138 Å². The second-order valence-corrected chi connectivity index (χ2v) is 6.73. The molecule has 0 atom stereocenters. The van der Waals surface area contributed by atoms with Crippen LogP contribution in [0.3, 0.4) is 0 Å². The number of amides is 1. The van der Waals surface area contributed by atoms with Crippen LogP contribution in [0.15, 0.2) is 41.9 Å². The summed E-state index contributed by atoms with van der Waals surface area (Å²) in [7, 11) is 0. The average molecular weight is 324 g/mol. The maximum absolute atomic E-state index is 12.6. The van der Waals surface area contributed by atoms with Gasteiger partial charge in [0.1, 0.15) is 0 Å². The summed E-state index contributed by atoms with van der Waals surface area (Å²) in [5.41, 5.74) is 3.73. The summed E-state index contributed by atoms with van der Waals surface area (Å²) in [4.78, 5) is 15.9. The van der Waals surface area contributed by atoms with E-state index in [0.717, 1.165) is 18.7 Å². The summed E-state index contributed by atoms with van der Waals surface area (Å²) in [5.74, 6) is -0.0554. The monoisotopic (exact) mass is 324 g/mol. The van der Waals surface area contributed by atoms with Crippen LogP contribution < -0.4 is 0 Å². The zero-order valence-corrected chi connectivity index (χ0v) is 13.6. The summed E-state index contributed by atoms with van der Waals surface area (Å²) in [5, 5.41) is 10.2. The molecule has 0 bridgehead atoms. The first kappa shape index (κ1) is 14.1. The molecule has 6 heteroatoms. The van der Waals surface area contributed by atoms with Crippen LogP contribution in [0.4, 0.5) is 0 Å². The fourth-order valence-electron chi connectivity index (χ4n) is 2.77. The number of aryl methyl sites for hydroxylation is 1. The van der Waals surface area contributed by atoms with Gasteiger partial charge in [-0.15, -0.1) is 16.4 Å². The van der Waals surface area contributed by atoms with Crippen molar-refractivity contribution in [1.82, 2.24) is 19.9 Å². The summed E-state index contributed by atoms with van der Waals surface area (Å²) < 4.78 is 1.65. The molecule has 0 spiro atoms. The van der Waals surface area contributed by atoms with Crippen LogP contribution in [0.1, 0.15) is 26.5 Å². The number of nitrogens with zero attached hydrogens (tertiary/aromatic N) is 4. The van der Waals surface area contributed by atoms with Crippen molar-refractivity contribution in [2.24, 2.45) is 0 Å². The first-order valence-electron chi connectivity index (χ1n) is 7.54. The van der Waals surface area contributed by atoms with Gasteiger partial charge in [0, 0.05) is 18.0 Å². The van der Waals surface area contributed by atoms with E-state index in [1.165, 1.54) is 16.0 Å². The molecule has 23 heavy (non-hydrogen) atoms. The van der Waals surface area contributed by atoms with E-state index in [4.69, 9.17) is 0 Å². The Hall–Kier alpha value is -2.47. The molecular formula is C17H16N4OS. The summed E-state index contributed by atoms with van der Waals surface area (Å²) >= 11 is 1.77. The standard InChI is InChI=1S/C17H16N4OS/c1-12-2-4-14(5-3-12)21-11-15(18-19-21)17(22)20-8-6-16-13(10-20)7-9-23-16/h2-5,7,9,11H,6,8,10H2,1H3. The number of hydrogen-bond donors (Lipinski definition) is 0. The Bertz CT molecular complexity index is 850. The average Bonchev–Trinajstić information content (AvgIpc) is 3.23. The minimum Gasteiger partial charge on any atom is -0.332 e. The molecule has 0 radical (unpaired) electrons. The smallest absolute Gasteiger partial charge is 0.276 e. The van der Waals surface area contributed by atoms with Crippen molar-refractivity contribution in [3.63, 3.8) is 0 Å². The van der Waals surface area contributed by atoms with Crippen LogP contribution in [0, 0.1) is 6.92 Å². The van der Waals surface area contributed by atoms with Gasteiger partial charge in [-0.3, -0.25) is 4.79 Å². The van der Waals surface area contributed by atoms with Crippen molar-refractivity contribution in [2.75, 3.05) is 6.54 Å². The zero-order chi connectivity index (χ0) is 15.8. The minimum atomic E-state index is -0.0554. The molecule has 0 N–H and O–H groups in total. The lowest BCUT2D eigenvalue weighted by molar-refractivity contribution is 0.0730. The quantitative estimate of drug-likeness (QED) is 0.728. The van der Waals surface area contributed by atoms with Gasteiger partial charge in [-0.1, -0.05) is 22.9 Å². The molecular weight excluding hydrogens is 308 g/mol. The number of carbonyl (C=O) groups is 1. The van der Waals surface area contributed by atoms with Crippen molar-refractivity contribution >= 4 is 17.2 Å². The van der Waals surface area contributed by atoms with Crippen LogP contribution in [0.25, 0.3) is 5.69 Å². The van der Waals surface area contributed by atoms with E-state index in [9.17, 15) is 4.79 Å². The maximum atomic E-state index is 12.6. The zero-order valence-electron chi connectivity index (χ0n) is 12.8. The van der Waals surface area contributed by atoms with Crippen molar-refractivity contribution in [3.05, 3.63) is 63.6 Å². The largest absolute Gasteiger partial charge is 0.332 e. The van der Waals surface area contributed by atoms with Gasteiger partial charge in [-0.2, -0.15) is 0 Å². The van der Waals surface area contributed by atoms with Gasteiger partial charge in [0.15, 0.2) is 5.69 Å². The lowest BCUT2D eigenvalue weighted by Gasteiger charge is -2.26. The molecule has 1 aliphatic heterocycles. The number of hydrogen-bond acceptors (Lipinski definition) is 4. The topological polar surface area (TPSA) is 51.0 Å². The second kappa shape index (κ2) is 5.62. The molecule has 5 nitrogen and oxygen atoms in total. The highest BCUT2D eigenvalue weighted by molar-refractivity contribution is 7.10. The third kappa shape index (κ3) is 2.66. The van der Waals surface area contributed by atoms with Gasteiger partial charge in [0.2, 0.25) is 0 Å². The summed E-state index contributed by atoms with van der Waals surface area (Å²) in [6.07, 6.45) is 2.63. The fourth-order valence-corrected chi connectivity index (χ4v) is 3.66. The molecule has 1 aromatic carbocycles. The number of fused-ring (bicyclic) bond motifs is 1. The number of aromatic nitrogens is 3. The molecule has 1 amide bonds. The number of carbonyl (C=O) groups excluding carboxylic acids is 1. The lowest BCUT2D eigenvalue weighted by atomic mass is 10.1. The third-order valence-corrected chi connectivity index (χ3v) is 5.13. The molecule has 0 aliphatic carbocycles. The molecule has 1 aliphatic rings. The van der Waals surface area contributed by atoms with Gasteiger partial charge in [-0.25, -0.2) is 4.68 Å². The summed E-state index contributed by atoms with van der Waals surface area (Å²) in [6, 6.07) is 10.1. The predicted octanol–water partition coefficient (Wildman–Crippen LogP) is 2.84. The SMILES string of the molecule is Cc1ccc(-n2cc(C(=O)N3CCc4sccc4C3)nn2)cc1. The molecule has 0 fully saturated rings. The van der Waals surface area contributed by atoms with E-state index in [2.05, 4.69) is 21.8 Å². The normalized spacial score (nSPS) is 13.9. The van der Waals surface area contributed by atoms with E-state index in [1.54, 1.807) is 22.2 Å². The van der Waals surface area contributed by atoms with Crippen LogP contribution in [-0.2, 0) is 13.0 Å². The molecule has 0 saturated heterocycles. The Morgan fingerprint density at radius 2 is 2.04 bits per heavy atom. The minimum absolute atomic E-state index is 0.0554. The Morgan fingerprint density at radius 3 is 2.87 bits per heavy atom. The van der Waals surface area contributed by atoms with E-state index >= 15 is 0 Å². The number of thiophene rings is 1. The first-order chi connectivity index (χ1) is 11.2. The van der Waals surface area contributed by atoms with Gasteiger partial charge in [-0.05, 0) is 42.5 Å². The van der Waals surface area contributed by atoms with Crippen molar-refractivity contribution in [3.8, 4) is 5.69 Å². The van der Waals surface area contributed by atoms with E-state index in [-0.39, 0.29) is 5.91 Å². The van der Waals surface area contributed by atoms with E-state index in [1.807, 2.05) is 36.1 Å². The highest BCUT2D eigenvalue weighted by Gasteiger charge is 2.24. The number of benzene rings is 1. The Balaban J connectivity index is 1.55. The summed E-state index contributed by atoms with van der Waals surface area (Å²) in [6.45, 7) is 3.44. The van der Waals surface area contributed by atoms with E-state index < -0.39 is 0 Å². The van der Waals surface area contributed by atoms with Crippen LogP contribution in [-0.4, -0.2) is 32.3 Å². The molecule has 0 saturated carbocycles. The highest BCUT2D eigenvalue weighted by atomic mass is 32.1. The molecule has 0 unspecified atom stereocenters. The fraction of sp³-hybridized carbons (Fsp3) is 0.235. The molecule has 116 valence electrons. The van der Waals surface area contributed by atoms with Gasteiger partial charge in [0.05, 0.1) is 11.9 Å². The van der Waals surface area contributed by atoms with E-state index in [0.29, 0.717) is 12.2 Å². The third-order valence-electron chi connectivity index (χ3n) is 4.11. The first-order valence-corrected chi connectivity index (χ1v) is 8.42. The van der Waals surface area contributed by atoms with Gasteiger partial charge < -0.3 is 4.90 Å². The molecule has 2 aromatic heterocycles. The molecule has 3 aromatic rings. The van der Waals surface area contributed by atoms with Crippen LogP contribution in [0.5, 0.6) is 0 Å². The molecule has 4 rings (SSSR count). The highest BCUT2D eigenvalue weighted by Crippen LogP contribution is 2.24.